The maximum atomic E-state index is 12.4. The quantitative estimate of drug-likeness (QED) is 0.850. The Morgan fingerprint density at radius 2 is 2.10 bits per heavy atom. The van der Waals surface area contributed by atoms with Crippen LogP contribution in [0, 0.1) is 0 Å². The third-order valence-corrected chi connectivity index (χ3v) is 3.60. The van der Waals surface area contributed by atoms with Crippen molar-refractivity contribution in [3.8, 4) is 0 Å². The summed E-state index contributed by atoms with van der Waals surface area (Å²) in [6.45, 7) is -0.220. The number of carbonyl (C=O) groups is 2. The van der Waals surface area contributed by atoms with E-state index in [4.69, 9.17) is 5.11 Å². The number of halogens is 3. The predicted octanol–water partition coefficient (Wildman–Crippen LogP) is 2.18. The minimum absolute atomic E-state index is 0.0359. The molecule has 0 saturated carbocycles. The van der Waals surface area contributed by atoms with Gasteiger partial charge in [0.25, 0.3) is 5.91 Å². The first-order valence-electron chi connectivity index (χ1n) is 5.53. The summed E-state index contributed by atoms with van der Waals surface area (Å²) in [6.07, 6.45) is -3.67. The smallest absolute Gasteiger partial charge is 0.412 e. The molecule has 2 heterocycles. The van der Waals surface area contributed by atoms with Crippen LogP contribution in [0.5, 0.6) is 0 Å². The molecular formula is C11H9F3N2O3S. The molecule has 9 heteroatoms. The third kappa shape index (κ3) is 2.98. The van der Waals surface area contributed by atoms with Crippen LogP contribution >= 0.6 is 11.3 Å². The fourth-order valence-electron chi connectivity index (χ4n) is 1.72. The zero-order valence-corrected chi connectivity index (χ0v) is 10.8. The molecule has 20 heavy (non-hydrogen) atoms. The Hall–Kier alpha value is -1.90. The van der Waals surface area contributed by atoms with Gasteiger partial charge in [0, 0.05) is 24.0 Å². The number of thiazole rings is 1. The minimum atomic E-state index is -4.37. The van der Waals surface area contributed by atoms with E-state index < -0.39 is 23.6 Å². The number of alkyl halides is 3. The molecule has 1 aromatic heterocycles. The molecule has 2 rings (SSSR count). The minimum Gasteiger partial charge on any atom is -0.476 e. The summed E-state index contributed by atoms with van der Waals surface area (Å²) < 4.78 is 37.3. The first kappa shape index (κ1) is 14.5. The number of hydrogen-bond donors (Lipinski definition) is 1. The average molecular weight is 306 g/mol. The molecule has 0 saturated heterocycles. The Balaban J connectivity index is 2.08. The molecule has 1 aliphatic rings. The standard InChI is InChI=1S/C11H9F3N2O3S/c12-11(13,14)6-1-3-16(4-2-6)9(17)8-15-7(5-20-8)10(18)19/h1,5H,2-4H2,(H,18,19). The topological polar surface area (TPSA) is 70.5 Å². The molecule has 5 nitrogen and oxygen atoms in total. The van der Waals surface area contributed by atoms with E-state index >= 15 is 0 Å². The predicted molar refractivity (Wildman–Crippen MR) is 63.7 cm³/mol. The summed E-state index contributed by atoms with van der Waals surface area (Å²) in [5.41, 5.74) is -0.895. The van der Waals surface area contributed by atoms with Crippen molar-refractivity contribution in [2.45, 2.75) is 12.6 Å². The second-order valence-electron chi connectivity index (χ2n) is 4.07. The number of aromatic carboxylic acids is 1. The summed E-state index contributed by atoms with van der Waals surface area (Å²) in [4.78, 5) is 27.5. The molecule has 0 spiro atoms. The molecule has 0 radical (unpaired) electrons. The number of carbonyl (C=O) groups excluding carboxylic acids is 1. The van der Waals surface area contributed by atoms with Gasteiger partial charge in [-0.2, -0.15) is 13.2 Å². The van der Waals surface area contributed by atoms with Crippen LogP contribution < -0.4 is 0 Å². The molecule has 0 bridgehead atoms. The third-order valence-electron chi connectivity index (χ3n) is 2.77. The van der Waals surface area contributed by atoms with Crippen LogP contribution in [0.2, 0.25) is 0 Å². The Kier molecular flexibility index (Phi) is 3.80. The lowest BCUT2D eigenvalue weighted by molar-refractivity contribution is -0.0957. The van der Waals surface area contributed by atoms with Crippen molar-refractivity contribution in [2.75, 3.05) is 13.1 Å². The molecule has 0 fully saturated rings. The molecule has 108 valence electrons. The van der Waals surface area contributed by atoms with Crippen LogP contribution in [-0.2, 0) is 0 Å². The van der Waals surface area contributed by atoms with Crippen molar-refractivity contribution in [2.24, 2.45) is 0 Å². The zero-order chi connectivity index (χ0) is 14.9. The second kappa shape index (κ2) is 5.23. The summed E-state index contributed by atoms with van der Waals surface area (Å²) >= 11 is 0.860. The molecule has 0 aromatic carbocycles. The monoisotopic (exact) mass is 306 g/mol. The molecule has 1 amide bonds. The Morgan fingerprint density at radius 1 is 1.40 bits per heavy atom. The van der Waals surface area contributed by atoms with Gasteiger partial charge in [0.05, 0.1) is 0 Å². The number of amides is 1. The molecule has 0 aliphatic carbocycles. The van der Waals surface area contributed by atoms with E-state index in [1.54, 1.807) is 0 Å². The van der Waals surface area contributed by atoms with E-state index in [1.165, 1.54) is 10.3 Å². The van der Waals surface area contributed by atoms with E-state index in [1.807, 2.05) is 0 Å². The van der Waals surface area contributed by atoms with Gasteiger partial charge in [-0.1, -0.05) is 6.08 Å². The van der Waals surface area contributed by atoms with Gasteiger partial charge in [-0.3, -0.25) is 4.79 Å². The first-order chi connectivity index (χ1) is 9.29. The van der Waals surface area contributed by atoms with Crippen LogP contribution in [-0.4, -0.2) is 46.1 Å². The van der Waals surface area contributed by atoms with Crippen molar-refractivity contribution >= 4 is 23.2 Å². The maximum Gasteiger partial charge on any atom is 0.412 e. The average Bonchev–Trinajstić information content (AvgIpc) is 2.86. The lowest BCUT2D eigenvalue weighted by Crippen LogP contribution is -2.36. The summed E-state index contributed by atoms with van der Waals surface area (Å²) in [5, 5.41) is 9.88. The van der Waals surface area contributed by atoms with Crippen molar-refractivity contribution in [1.29, 1.82) is 0 Å². The Morgan fingerprint density at radius 3 is 2.55 bits per heavy atom. The van der Waals surface area contributed by atoms with Gasteiger partial charge in [-0.25, -0.2) is 9.78 Å². The van der Waals surface area contributed by atoms with E-state index in [0.717, 1.165) is 17.4 Å². The summed E-state index contributed by atoms with van der Waals surface area (Å²) in [5.74, 6) is -1.81. The maximum absolute atomic E-state index is 12.4. The fraction of sp³-hybridized carbons (Fsp3) is 0.364. The molecule has 1 N–H and O–H groups in total. The zero-order valence-electron chi connectivity index (χ0n) is 9.98. The van der Waals surface area contributed by atoms with Crippen LogP contribution in [0.3, 0.4) is 0 Å². The number of carboxylic acids is 1. The highest BCUT2D eigenvalue weighted by atomic mass is 32.1. The van der Waals surface area contributed by atoms with Crippen molar-refractivity contribution < 1.29 is 27.9 Å². The van der Waals surface area contributed by atoms with E-state index in [9.17, 15) is 22.8 Å². The van der Waals surface area contributed by atoms with Gasteiger partial charge in [-0.15, -0.1) is 11.3 Å². The van der Waals surface area contributed by atoms with Crippen LogP contribution in [0.4, 0.5) is 13.2 Å². The van der Waals surface area contributed by atoms with Gasteiger partial charge in [-0.05, 0) is 6.42 Å². The SMILES string of the molecule is O=C(O)c1csc(C(=O)N2CC=C(C(F)(F)F)CC2)n1. The van der Waals surface area contributed by atoms with Crippen LogP contribution in [0.1, 0.15) is 26.7 Å². The van der Waals surface area contributed by atoms with Crippen molar-refractivity contribution in [1.82, 2.24) is 9.88 Å². The number of hydrogen-bond acceptors (Lipinski definition) is 4. The molecular weight excluding hydrogens is 297 g/mol. The first-order valence-corrected chi connectivity index (χ1v) is 6.41. The van der Waals surface area contributed by atoms with Crippen molar-refractivity contribution in [3.63, 3.8) is 0 Å². The van der Waals surface area contributed by atoms with Crippen LogP contribution in [0.15, 0.2) is 17.0 Å². The normalized spacial score (nSPS) is 15.9. The van der Waals surface area contributed by atoms with Gasteiger partial charge >= 0.3 is 12.1 Å². The lowest BCUT2D eigenvalue weighted by Gasteiger charge is -2.26. The molecule has 1 aromatic rings. The number of carboxylic acid groups (broad SMARTS) is 1. The number of nitrogens with zero attached hydrogens (tertiary/aromatic N) is 2. The largest absolute Gasteiger partial charge is 0.476 e. The van der Waals surface area contributed by atoms with Gasteiger partial charge in [0.1, 0.15) is 0 Å². The van der Waals surface area contributed by atoms with Gasteiger partial charge < -0.3 is 10.0 Å². The Labute approximate surface area is 115 Å². The van der Waals surface area contributed by atoms with Crippen LogP contribution in [0.25, 0.3) is 0 Å². The second-order valence-corrected chi connectivity index (χ2v) is 4.93. The van der Waals surface area contributed by atoms with E-state index in [0.29, 0.717) is 0 Å². The summed E-state index contributed by atoms with van der Waals surface area (Å²) in [7, 11) is 0. The van der Waals surface area contributed by atoms with E-state index in [-0.39, 0.29) is 30.2 Å². The van der Waals surface area contributed by atoms with E-state index in [2.05, 4.69) is 4.98 Å². The Bertz CT molecular complexity index is 580. The number of rotatable bonds is 2. The highest BCUT2D eigenvalue weighted by molar-refractivity contribution is 7.11. The lowest BCUT2D eigenvalue weighted by atomic mass is 10.1. The molecule has 0 atom stereocenters. The highest BCUT2D eigenvalue weighted by Gasteiger charge is 2.35. The number of aromatic nitrogens is 1. The van der Waals surface area contributed by atoms with Gasteiger partial charge in [0.2, 0.25) is 0 Å². The van der Waals surface area contributed by atoms with Gasteiger partial charge in [0.15, 0.2) is 10.7 Å². The fourth-order valence-corrected chi connectivity index (χ4v) is 2.47. The molecule has 1 aliphatic heterocycles. The van der Waals surface area contributed by atoms with Crippen molar-refractivity contribution in [3.05, 3.63) is 27.7 Å². The highest BCUT2D eigenvalue weighted by Crippen LogP contribution is 2.30. The summed E-state index contributed by atoms with van der Waals surface area (Å²) in [6, 6.07) is 0. The molecule has 0 unspecified atom stereocenters.